The van der Waals surface area contributed by atoms with Gasteiger partial charge in [-0.05, 0) is 37.2 Å². The second kappa shape index (κ2) is 11.4. The zero-order valence-electron chi connectivity index (χ0n) is 14.2. The SMILES string of the molecule is CCCCCC(=O)NC(=S)NNC(=O)c1ccccc1OCCC. The monoisotopic (exact) mass is 351 g/mol. The van der Waals surface area contributed by atoms with Crippen molar-refractivity contribution >= 4 is 29.1 Å². The van der Waals surface area contributed by atoms with Crippen LogP contribution in [-0.2, 0) is 4.79 Å². The molecule has 1 rings (SSSR count). The molecule has 0 radical (unpaired) electrons. The normalized spacial score (nSPS) is 9.92. The zero-order valence-corrected chi connectivity index (χ0v) is 15.0. The first-order chi connectivity index (χ1) is 11.6. The smallest absolute Gasteiger partial charge is 0.273 e. The van der Waals surface area contributed by atoms with Crippen molar-refractivity contribution < 1.29 is 14.3 Å². The maximum absolute atomic E-state index is 12.2. The van der Waals surface area contributed by atoms with Gasteiger partial charge in [-0.3, -0.25) is 20.4 Å². The Bertz CT molecular complexity index is 564. The van der Waals surface area contributed by atoms with Crippen LogP contribution in [0.4, 0.5) is 0 Å². The summed E-state index contributed by atoms with van der Waals surface area (Å²) in [5.41, 5.74) is 5.39. The van der Waals surface area contributed by atoms with Crippen LogP contribution >= 0.6 is 12.2 Å². The molecule has 0 aliphatic rings. The van der Waals surface area contributed by atoms with Crippen LogP contribution in [-0.4, -0.2) is 23.5 Å². The predicted octanol–water partition coefficient (Wildman–Crippen LogP) is 2.69. The van der Waals surface area contributed by atoms with Crippen LogP contribution in [0.25, 0.3) is 0 Å². The van der Waals surface area contributed by atoms with Crippen LogP contribution in [0, 0.1) is 0 Å². The summed E-state index contributed by atoms with van der Waals surface area (Å²) in [6, 6.07) is 6.95. The number of nitrogens with one attached hydrogen (secondary N) is 3. The minimum Gasteiger partial charge on any atom is -0.493 e. The summed E-state index contributed by atoms with van der Waals surface area (Å²) in [5, 5.41) is 2.60. The fourth-order valence-electron chi connectivity index (χ4n) is 1.93. The van der Waals surface area contributed by atoms with E-state index in [9.17, 15) is 9.59 Å². The van der Waals surface area contributed by atoms with Crippen molar-refractivity contribution in [1.82, 2.24) is 16.2 Å². The van der Waals surface area contributed by atoms with Crippen molar-refractivity contribution in [1.29, 1.82) is 0 Å². The van der Waals surface area contributed by atoms with E-state index in [1.54, 1.807) is 24.3 Å². The van der Waals surface area contributed by atoms with E-state index >= 15 is 0 Å². The maximum Gasteiger partial charge on any atom is 0.273 e. The van der Waals surface area contributed by atoms with Gasteiger partial charge in [-0.1, -0.05) is 38.8 Å². The lowest BCUT2D eigenvalue weighted by Crippen LogP contribution is -2.48. The average molecular weight is 351 g/mol. The fraction of sp³-hybridized carbons (Fsp3) is 0.471. The third-order valence-electron chi connectivity index (χ3n) is 3.14. The van der Waals surface area contributed by atoms with Crippen molar-refractivity contribution in [2.75, 3.05) is 6.61 Å². The third-order valence-corrected chi connectivity index (χ3v) is 3.35. The maximum atomic E-state index is 12.2. The number of carbonyl (C=O) groups excluding carboxylic acids is 2. The average Bonchev–Trinajstić information content (AvgIpc) is 2.58. The quantitative estimate of drug-likeness (QED) is 0.381. The van der Waals surface area contributed by atoms with Crippen LogP contribution in [0.2, 0.25) is 0 Å². The summed E-state index contributed by atoms with van der Waals surface area (Å²) in [4.78, 5) is 23.8. The van der Waals surface area contributed by atoms with Gasteiger partial charge in [0.25, 0.3) is 5.91 Å². The number of thiocarbonyl (C=S) groups is 1. The molecule has 24 heavy (non-hydrogen) atoms. The highest BCUT2D eigenvalue weighted by atomic mass is 32.1. The topological polar surface area (TPSA) is 79.5 Å². The number of hydrogen-bond acceptors (Lipinski definition) is 4. The molecular weight excluding hydrogens is 326 g/mol. The molecule has 0 saturated carbocycles. The minimum absolute atomic E-state index is 0.0665. The van der Waals surface area contributed by atoms with Gasteiger partial charge in [0.15, 0.2) is 5.11 Å². The molecular formula is C17H25N3O3S. The molecule has 0 heterocycles. The molecule has 0 atom stereocenters. The van der Waals surface area contributed by atoms with Gasteiger partial charge < -0.3 is 10.1 Å². The number of hydrogen-bond donors (Lipinski definition) is 3. The van der Waals surface area contributed by atoms with E-state index in [0.717, 1.165) is 25.7 Å². The first kappa shape index (κ1) is 19.9. The molecule has 7 heteroatoms. The Kier molecular flexibility index (Phi) is 9.45. The molecule has 3 N–H and O–H groups in total. The van der Waals surface area contributed by atoms with Gasteiger partial charge >= 0.3 is 0 Å². The van der Waals surface area contributed by atoms with Crippen molar-refractivity contribution in [3.05, 3.63) is 29.8 Å². The summed E-state index contributed by atoms with van der Waals surface area (Å²) in [5.74, 6) is -0.0423. The van der Waals surface area contributed by atoms with E-state index in [0.29, 0.717) is 24.3 Å². The van der Waals surface area contributed by atoms with Gasteiger partial charge in [-0.25, -0.2) is 0 Å². The first-order valence-corrected chi connectivity index (χ1v) is 8.61. The van der Waals surface area contributed by atoms with Gasteiger partial charge in [-0.15, -0.1) is 0 Å². The number of hydrazine groups is 1. The van der Waals surface area contributed by atoms with Gasteiger partial charge in [0.2, 0.25) is 5.91 Å². The standard InChI is InChI=1S/C17H25N3O3S/c1-3-5-6-11-15(21)18-17(24)20-19-16(22)13-9-7-8-10-14(13)23-12-4-2/h7-10H,3-6,11-12H2,1-2H3,(H,19,22)(H2,18,20,21,24). The summed E-state index contributed by atoms with van der Waals surface area (Å²) >= 11 is 4.99. The molecule has 0 bridgehead atoms. The van der Waals surface area contributed by atoms with E-state index in [1.807, 2.05) is 6.92 Å². The second-order valence-corrected chi connectivity index (χ2v) is 5.67. The number of carbonyl (C=O) groups is 2. The van der Waals surface area contributed by atoms with Crippen LogP contribution in [0.5, 0.6) is 5.75 Å². The van der Waals surface area contributed by atoms with Gasteiger partial charge in [-0.2, -0.15) is 0 Å². The number of benzene rings is 1. The van der Waals surface area contributed by atoms with Crippen LogP contribution in [0.3, 0.4) is 0 Å². The molecule has 0 spiro atoms. The molecule has 0 aliphatic heterocycles. The Morgan fingerprint density at radius 3 is 2.54 bits per heavy atom. The molecule has 0 unspecified atom stereocenters. The zero-order chi connectivity index (χ0) is 17.8. The minimum atomic E-state index is -0.385. The van der Waals surface area contributed by atoms with E-state index in [1.165, 1.54) is 0 Å². The Hall–Kier alpha value is -2.15. The summed E-state index contributed by atoms with van der Waals surface area (Å²) < 4.78 is 5.54. The summed E-state index contributed by atoms with van der Waals surface area (Å²) in [7, 11) is 0. The summed E-state index contributed by atoms with van der Waals surface area (Å²) in [6.07, 6.45) is 4.13. The Labute approximate surface area is 148 Å². The van der Waals surface area contributed by atoms with Crippen molar-refractivity contribution in [2.45, 2.75) is 46.0 Å². The lowest BCUT2D eigenvalue weighted by Gasteiger charge is -2.13. The molecule has 1 aromatic rings. The molecule has 2 amide bonds. The highest BCUT2D eigenvalue weighted by molar-refractivity contribution is 7.80. The lowest BCUT2D eigenvalue weighted by atomic mass is 10.2. The largest absolute Gasteiger partial charge is 0.493 e. The van der Waals surface area contributed by atoms with Crippen LogP contribution < -0.4 is 20.9 Å². The van der Waals surface area contributed by atoms with E-state index in [-0.39, 0.29) is 16.9 Å². The Morgan fingerprint density at radius 1 is 1.08 bits per heavy atom. The molecule has 0 saturated heterocycles. The fourth-order valence-corrected chi connectivity index (χ4v) is 2.09. The van der Waals surface area contributed by atoms with Crippen molar-refractivity contribution in [2.24, 2.45) is 0 Å². The molecule has 6 nitrogen and oxygen atoms in total. The van der Waals surface area contributed by atoms with Crippen molar-refractivity contribution in [3.8, 4) is 5.75 Å². The van der Waals surface area contributed by atoms with E-state index in [2.05, 4.69) is 23.1 Å². The summed E-state index contributed by atoms with van der Waals surface area (Å²) in [6.45, 7) is 4.59. The predicted molar refractivity (Wildman–Crippen MR) is 97.7 cm³/mol. The molecule has 0 aliphatic carbocycles. The van der Waals surface area contributed by atoms with Gasteiger partial charge in [0.1, 0.15) is 5.75 Å². The second-order valence-electron chi connectivity index (χ2n) is 5.26. The first-order valence-electron chi connectivity index (χ1n) is 8.20. The molecule has 0 aromatic heterocycles. The molecule has 1 aromatic carbocycles. The van der Waals surface area contributed by atoms with Crippen molar-refractivity contribution in [3.63, 3.8) is 0 Å². The van der Waals surface area contributed by atoms with E-state index in [4.69, 9.17) is 17.0 Å². The number of unbranched alkanes of at least 4 members (excludes halogenated alkanes) is 2. The third kappa shape index (κ3) is 7.41. The van der Waals surface area contributed by atoms with Crippen LogP contribution in [0.15, 0.2) is 24.3 Å². The van der Waals surface area contributed by atoms with Gasteiger partial charge in [0.05, 0.1) is 12.2 Å². The Balaban J connectivity index is 2.45. The molecule has 0 fully saturated rings. The molecule has 132 valence electrons. The number of rotatable bonds is 8. The van der Waals surface area contributed by atoms with Crippen LogP contribution in [0.1, 0.15) is 56.3 Å². The number of ether oxygens (including phenoxy) is 1. The Morgan fingerprint density at radius 2 is 1.83 bits per heavy atom. The number of amides is 2. The highest BCUT2D eigenvalue weighted by Gasteiger charge is 2.12. The van der Waals surface area contributed by atoms with E-state index < -0.39 is 0 Å². The van der Waals surface area contributed by atoms with Gasteiger partial charge in [0, 0.05) is 6.42 Å². The number of para-hydroxylation sites is 1. The highest BCUT2D eigenvalue weighted by Crippen LogP contribution is 2.17. The lowest BCUT2D eigenvalue weighted by molar-refractivity contribution is -0.119.